The molecule has 1 rings (SSSR count). The summed E-state index contributed by atoms with van der Waals surface area (Å²) in [5, 5.41) is 0. The van der Waals surface area contributed by atoms with E-state index in [1.54, 1.807) is 12.1 Å². The number of pyridine rings is 1. The van der Waals surface area contributed by atoms with Crippen LogP contribution < -0.4 is 4.90 Å². The van der Waals surface area contributed by atoms with Crippen molar-refractivity contribution < 1.29 is 8.42 Å². The maximum atomic E-state index is 11.9. The van der Waals surface area contributed by atoms with Gasteiger partial charge >= 0.3 is 0 Å². The third kappa shape index (κ3) is 3.91. The van der Waals surface area contributed by atoms with Crippen molar-refractivity contribution >= 4 is 15.8 Å². The Labute approximate surface area is 116 Å². The first-order valence-corrected chi connectivity index (χ1v) is 8.01. The number of aromatic nitrogens is 1. The minimum Gasteiger partial charge on any atom is -0.357 e. The van der Waals surface area contributed by atoms with E-state index >= 15 is 0 Å². The van der Waals surface area contributed by atoms with Crippen molar-refractivity contribution in [2.75, 3.05) is 32.1 Å². The quantitative estimate of drug-likeness (QED) is 0.768. The Morgan fingerprint density at radius 2 is 1.68 bits per heavy atom. The van der Waals surface area contributed by atoms with Crippen molar-refractivity contribution in [2.45, 2.75) is 31.6 Å². The molecule has 0 aliphatic heterocycles. The minimum absolute atomic E-state index is 0.231. The molecular weight excluding hydrogens is 262 g/mol. The van der Waals surface area contributed by atoms with Crippen LogP contribution in [0.4, 0.5) is 5.82 Å². The second-order valence-electron chi connectivity index (χ2n) is 4.63. The zero-order valence-electron chi connectivity index (χ0n) is 12.1. The van der Waals surface area contributed by atoms with Gasteiger partial charge in [0, 0.05) is 33.4 Å². The Kier molecular flexibility index (Phi) is 5.75. The van der Waals surface area contributed by atoms with E-state index < -0.39 is 10.0 Å². The summed E-state index contributed by atoms with van der Waals surface area (Å²) in [7, 11) is -0.356. The van der Waals surface area contributed by atoms with E-state index in [0.717, 1.165) is 31.7 Å². The molecule has 0 aliphatic carbocycles. The summed E-state index contributed by atoms with van der Waals surface area (Å²) in [4.78, 5) is 6.69. The number of hydrogen-bond acceptors (Lipinski definition) is 4. The van der Waals surface area contributed by atoms with E-state index in [1.807, 2.05) is 0 Å². The van der Waals surface area contributed by atoms with Crippen molar-refractivity contribution in [1.29, 1.82) is 0 Å². The highest BCUT2D eigenvalue weighted by atomic mass is 32.2. The second kappa shape index (κ2) is 6.86. The molecule has 0 N–H and O–H groups in total. The molecule has 5 nitrogen and oxygen atoms in total. The minimum atomic E-state index is -3.39. The van der Waals surface area contributed by atoms with Crippen LogP contribution in [0, 0.1) is 0 Å². The van der Waals surface area contributed by atoms with Crippen LogP contribution in [0.15, 0.2) is 23.2 Å². The zero-order valence-corrected chi connectivity index (χ0v) is 12.9. The van der Waals surface area contributed by atoms with Crippen molar-refractivity contribution in [3.63, 3.8) is 0 Å². The molecule has 0 bridgehead atoms. The van der Waals surface area contributed by atoms with E-state index in [1.165, 1.54) is 24.6 Å². The van der Waals surface area contributed by atoms with Gasteiger partial charge in [-0.15, -0.1) is 0 Å². The molecule has 1 aromatic heterocycles. The summed E-state index contributed by atoms with van der Waals surface area (Å²) in [6.07, 6.45) is 3.52. The number of hydrogen-bond donors (Lipinski definition) is 0. The fourth-order valence-electron chi connectivity index (χ4n) is 1.80. The van der Waals surface area contributed by atoms with Gasteiger partial charge in [0.05, 0.1) is 0 Å². The third-order valence-corrected chi connectivity index (χ3v) is 4.61. The fraction of sp³-hybridized carbons (Fsp3) is 0.615. The Balaban J connectivity index is 2.98. The van der Waals surface area contributed by atoms with E-state index in [4.69, 9.17) is 0 Å². The molecule has 0 saturated carbocycles. The van der Waals surface area contributed by atoms with E-state index in [-0.39, 0.29) is 4.90 Å². The summed E-state index contributed by atoms with van der Waals surface area (Å²) in [5.74, 6) is 0.835. The van der Waals surface area contributed by atoms with Crippen molar-refractivity contribution in [3.05, 3.63) is 18.3 Å². The predicted molar refractivity (Wildman–Crippen MR) is 77.9 cm³/mol. The normalized spacial score (nSPS) is 11.8. The maximum Gasteiger partial charge on any atom is 0.244 e. The first-order valence-electron chi connectivity index (χ1n) is 6.57. The molecular formula is C13H23N3O2S. The van der Waals surface area contributed by atoms with Crippen LogP contribution in [0.1, 0.15) is 26.7 Å². The Morgan fingerprint density at radius 1 is 1.11 bits per heavy atom. The molecule has 6 heteroatoms. The molecule has 0 fully saturated rings. The molecule has 0 radical (unpaired) electrons. The van der Waals surface area contributed by atoms with Crippen molar-refractivity contribution in [3.8, 4) is 0 Å². The lowest BCUT2D eigenvalue weighted by Gasteiger charge is -2.22. The second-order valence-corrected chi connectivity index (χ2v) is 6.78. The summed E-state index contributed by atoms with van der Waals surface area (Å²) in [5.41, 5.74) is 0. The van der Waals surface area contributed by atoms with Gasteiger partial charge < -0.3 is 4.90 Å². The standard InChI is InChI=1S/C13H23N3O2S/c1-5-9-16(10-6-2)13-8-7-12(11-14-13)19(17,18)15(3)4/h7-8,11H,5-6,9-10H2,1-4H3. The van der Waals surface area contributed by atoms with Crippen LogP contribution in [0.3, 0.4) is 0 Å². The summed E-state index contributed by atoms with van der Waals surface area (Å²) in [6.45, 7) is 6.10. The lowest BCUT2D eigenvalue weighted by atomic mass is 10.3. The highest BCUT2D eigenvalue weighted by molar-refractivity contribution is 7.89. The van der Waals surface area contributed by atoms with Crippen LogP contribution in [0.5, 0.6) is 0 Å². The third-order valence-electron chi connectivity index (χ3n) is 2.81. The molecule has 0 unspecified atom stereocenters. The Morgan fingerprint density at radius 3 is 2.05 bits per heavy atom. The van der Waals surface area contributed by atoms with Gasteiger partial charge in [-0.2, -0.15) is 0 Å². The van der Waals surface area contributed by atoms with Crippen LogP contribution in [-0.4, -0.2) is 44.9 Å². The fourth-order valence-corrected chi connectivity index (χ4v) is 2.65. The Bertz CT molecular complexity index is 477. The van der Waals surface area contributed by atoms with Gasteiger partial charge in [-0.05, 0) is 25.0 Å². The van der Waals surface area contributed by atoms with Gasteiger partial charge in [0.2, 0.25) is 10.0 Å². The topological polar surface area (TPSA) is 53.5 Å². The smallest absolute Gasteiger partial charge is 0.244 e. The van der Waals surface area contributed by atoms with E-state index in [0.29, 0.717) is 0 Å². The van der Waals surface area contributed by atoms with Crippen LogP contribution in [0.25, 0.3) is 0 Å². The number of sulfonamides is 1. The van der Waals surface area contributed by atoms with Crippen molar-refractivity contribution in [1.82, 2.24) is 9.29 Å². The van der Waals surface area contributed by atoms with Gasteiger partial charge in [0.25, 0.3) is 0 Å². The molecule has 0 saturated heterocycles. The summed E-state index contributed by atoms with van der Waals surface area (Å²) >= 11 is 0. The average molecular weight is 285 g/mol. The molecule has 19 heavy (non-hydrogen) atoms. The maximum absolute atomic E-state index is 11.9. The van der Waals surface area contributed by atoms with Crippen LogP contribution >= 0.6 is 0 Å². The van der Waals surface area contributed by atoms with Crippen molar-refractivity contribution in [2.24, 2.45) is 0 Å². The molecule has 0 aliphatic rings. The number of rotatable bonds is 7. The van der Waals surface area contributed by atoms with Gasteiger partial charge in [-0.3, -0.25) is 0 Å². The van der Waals surface area contributed by atoms with Crippen LogP contribution in [0.2, 0.25) is 0 Å². The van der Waals surface area contributed by atoms with Crippen LogP contribution in [-0.2, 0) is 10.0 Å². The lowest BCUT2D eigenvalue weighted by Crippen LogP contribution is -2.26. The lowest BCUT2D eigenvalue weighted by molar-refractivity contribution is 0.520. The Hall–Kier alpha value is -1.14. The number of nitrogens with zero attached hydrogens (tertiary/aromatic N) is 3. The molecule has 108 valence electrons. The summed E-state index contributed by atoms with van der Waals surface area (Å²) < 4.78 is 25.1. The monoisotopic (exact) mass is 285 g/mol. The molecule has 1 heterocycles. The molecule has 0 amide bonds. The summed E-state index contributed by atoms with van der Waals surface area (Å²) in [6, 6.07) is 3.40. The molecule has 1 aromatic rings. The van der Waals surface area contributed by atoms with E-state index in [9.17, 15) is 8.42 Å². The first kappa shape index (κ1) is 15.9. The zero-order chi connectivity index (χ0) is 14.5. The highest BCUT2D eigenvalue weighted by Gasteiger charge is 2.18. The number of anilines is 1. The van der Waals surface area contributed by atoms with Gasteiger partial charge in [0.15, 0.2) is 0 Å². The van der Waals surface area contributed by atoms with Gasteiger partial charge in [-0.1, -0.05) is 13.8 Å². The highest BCUT2D eigenvalue weighted by Crippen LogP contribution is 2.17. The molecule has 0 atom stereocenters. The largest absolute Gasteiger partial charge is 0.357 e. The average Bonchev–Trinajstić information content (AvgIpc) is 2.38. The first-order chi connectivity index (χ1) is 8.93. The molecule has 0 spiro atoms. The van der Waals surface area contributed by atoms with Gasteiger partial charge in [0.1, 0.15) is 10.7 Å². The van der Waals surface area contributed by atoms with E-state index in [2.05, 4.69) is 23.7 Å². The van der Waals surface area contributed by atoms with Gasteiger partial charge in [-0.25, -0.2) is 17.7 Å². The molecule has 0 aromatic carbocycles. The predicted octanol–water partition coefficient (Wildman–Crippen LogP) is 1.96. The SMILES string of the molecule is CCCN(CCC)c1ccc(S(=O)(=O)N(C)C)cn1.